The number of rotatable bonds is 7. The van der Waals surface area contributed by atoms with Crippen LogP contribution in [0.2, 0.25) is 0 Å². The van der Waals surface area contributed by atoms with Gasteiger partial charge in [0.05, 0.1) is 13.1 Å². The minimum atomic E-state index is 0.604. The molecule has 0 aliphatic heterocycles. The van der Waals surface area contributed by atoms with Crippen molar-refractivity contribution in [1.29, 1.82) is 0 Å². The Bertz CT molecular complexity index is 581. The lowest BCUT2D eigenvalue weighted by atomic mass is 10.2. The highest BCUT2D eigenvalue weighted by molar-refractivity contribution is 7.09. The highest BCUT2D eigenvalue weighted by Crippen LogP contribution is 2.11. The topological polar surface area (TPSA) is 45.7 Å². The van der Waals surface area contributed by atoms with Crippen molar-refractivity contribution in [2.45, 2.75) is 20.4 Å². The van der Waals surface area contributed by atoms with E-state index in [0.29, 0.717) is 19.7 Å². The summed E-state index contributed by atoms with van der Waals surface area (Å²) in [4.78, 5) is 5.82. The number of aryl methyl sites for hydroxylation is 1. The van der Waals surface area contributed by atoms with E-state index in [-0.39, 0.29) is 0 Å². The third-order valence-corrected chi connectivity index (χ3v) is 3.83. The van der Waals surface area contributed by atoms with E-state index >= 15 is 0 Å². The second kappa shape index (κ2) is 9.10. The zero-order valence-corrected chi connectivity index (χ0v) is 14.0. The van der Waals surface area contributed by atoms with Crippen LogP contribution >= 0.6 is 11.3 Å². The molecule has 0 radical (unpaired) electrons. The van der Waals surface area contributed by atoms with Crippen molar-refractivity contribution in [1.82, 2.24) is 10.6 Å². The minimum absolute atomic E-state index is 0.604. The van der Waals surface area contributed by atoms with E-state index in [1.54, 1.807) is 11.3 Å². The van der Waals surface area contributed by atoms with Crippen LogP contribution < -0.4 is 15.4 Å². The van der Waals surface area contributed by atoms with Gasteiger partial charge in [-0.25, -0.2) is 4.99 Å². The maximum atomic E-state index is 5.72. The molecule has 0 aliphatic rings. The van der Waals surface area contributed by atoms with Gasteiger partial charge in [-0.2, -0.15) is 0 Å². The summed E-state index contributed by atoms with van der Waals surface area (Å²) >= 11 is 1.72. The van der Waals surface area contributed by atoms with Gasteiger partial charge >= 0.3 is 0 Å². The predicted molar refractivity (Wildman–Crippen MR) is 93.8 cm³/mol. The maximum Gasteiger partial charge on any atom is 0.191 e. The second-order valence-corrected chi connectivity index (χ2v) is 5.90. The van der Waals surface area contributed by atoms with Crippen LogP contribution in [0.4, 0.5) is 0 Å². The van der Waals surface area contributed by atoms with Crippen molar-refractivity contribution in [3.63, 3.8) is 0 Å². The Kier molecular flexibility index (Phi) is 6.77. The number of thiophene rings is 1. The summed E-state index contributed by atoms with van der Waals surface area (Å²) in [6.07, 6.45) is 0. The first kappa shape index (κ1) is 16.4. The van der Waals surface area contributed by atoms with Crippen LogP contribution in [-0.4, -0.2) is 25.7 Å². The van der Waals surface area contributed by atoms with Gasteiger partial charge in [0.2, 0.25) is 0 Å². The van der Waals surface area contributed by atoms with Crippen molar-refractivity contribution in [2.75, 3.05) is 19.7 Å². The first-order chi connectivity index (χ1) is 10.8. The molecule has 4 nitrogen and oxygen atoms in total. The van der Waals surface area contributed by atoms with Gasteiger partial charge in [0, 0.05) is 11.4 Å². The summed E-state index contributed by atoms with van der Waals surface area (Å²) in [6.45, 7) is 6.98. The molecule has 1 aromatic heterocycles. The van der Waals surface area contributed by atoms with Crippen molar-refractivity contribution in [3.8, 4) is 5.75 Å². The largest absolute Gasteiger partial charge is 0.492 e. The van der Waals surface area contributed by atoms with E-state index in [4.69, 9.17) is 4.74 Å². The Balaban J connectivity index is 1.75. The fraction of sp³-hybridized carbons (Fsp3) is 0.353. The van der Waals surface area contributed by atoms with Crippen molar-refractivity contribution in [2.24, 2.45) is 4.99 Å². The summed E-state index contributed by atoms with van der Waals surface area (Å²) in [5, 5.41) is 8.60. The summed E-state index contributed by atoms with van der Waals surface area (Å²) < 4.78 is 5.72. The number of aliphatic imine (C=N–C) groups is 1. The Labute approximate surface area is 136 Å². The van der Waals surface area contributed by atoms with E-state index in [0.717, 1.165) is 18.3 Å². The van der Waals surface area contributed by atoms with Gasteiger partial charge in [0.1, 0.15) is 12.4 Å². The molecule has 118 valence electrons. The number of hydrogen-bond donors (Lipinski definition) is 2. The standard InChI is InChI=1S/C17H23N3OS/c1-3-18-17(20-13-16-8-5-11-22-16)19-9-10-21-15-7-4-6-14(2)12-15/h4-8,11-12H,3,9-10,13H2,1-2H3,(H2,18,19,20). The molecule has 2 rings (SSSR count). The lowest BCUT2D eigenvalue weighted by molar-refractivity contribution is 0.321. The van der Waals surface area contributed by atoms with Gasteiger partial charge in [-0.3, -0.25) is 0 Å². The quantitative estimate of drug-likeness (QED) is 0.468. The van der Waals surface area contributed by atoms with E-state index in [2.05, 4.69) is 47.0 Å². The fourth-order valence-corrected chi connectivity index (χ4v) is 2.57. The fourth-order valence-electron chi connectivity index (χ4n) is 1.94. The molecule has 2 N–H and O–H groups in total. The molecule has 0 unspecified atom stereocenters. The Morgan fingerprint density at radius 2 is 2.14 bits per heavy atom. The van der Waals surface area contributed by atoms with Gasteiger partial charge in [-0.05, 0) is 43.0 Å². The molecular formula is C17H23N3OS. The predicted octanol–water partition coefficient (Wildman–Crippen LogP) is 3.19. The van der Waals surface area contributed by atoms with Gasteiger partial charge < -0.3 is 15.4 Å². The summed E-state index contributed by atoms with van der Waals surface area (Å²) in [5.74, 6) is 1.73. The van der Waals surface area contributed by atoms with Crippen molar-refractivity contribution < 1.29 is 4.74 Å². The first-order valence-corrected chi connectivity index (χ1v) is 8.40. The first-order valence-electron chi connectivity index (χ1n) is 7.52. The lowest BCUT2D eigenvalue weighted by Gasteiger charge is -2.12. The molecular weight excluding hydrogens is 294 g/mol. The third-order valence-electron chi connectivity index (χ3n) is 2.97. The maximum absolute atomic E-state index is 5.72. The minimum Gasteiger partial charge on any atom is -0.492 e. The normalized spacial score (nSPS) is 11.3. The van der Waals surface area contributed by atoms with Crippen LogP contribution in [0, 0.1) is 6.92 Å². The number of guanidine groups is 1. The summed E-state index contributed by atoms with van der Waals surface area (Å²) in [6, 6.07) is 12.2. The number of nitrogens with zero attached hydrogens (tertiary/aromatic N) is 1. The molecule has 2 aromatic rings. The molecule has 0 atom stereocenters. The number of nitrogens with one attached hydrogen (secondary N) is 2. The summed E-state index contributed by atoms with van der Waals surface area (Å²) in [7, 11) is 0. The van der Waals surface area contributed by atoms with Crippen LogP contribution in [0.3, 0.4) is 0 Å². The average molecular weight is 317 g/mol. The van der Waals surface area contributed by atoms with E-state index < -0.39 is 0 Å². The van der Waals surface area contributed by atoms with Gasteiger partial charge in [-0.1, -0.05) is 18.2 Å². The lowest BCUT2D eigenvalue weighted by Crippen LogP contribution is -2.39. The highest BCUT2D eigenvalue weighted by atomic mass is 32.1. The van der Waals surface area contributed by atoms with Gasteiger partial charge in [0.15, 0.2) is 5.96 Å². The monoisotopic (exact) mass is 317 g/mol. The van der Waals surface area contributed by atoms with Gasteiger partial charge in [0.25, 0.3) is 0 Å². The van der Waals surface area contributed by atoms with E-state index in [1.165, 1.54) is 10.4 Å². The molecule has 0 spiro atoms. The molecule has 5 heteroatoms. The van der Waals surface area contributed by atoms with Crippen LogP contribution in [0.5, 0.6) is 5.75 Å². The zero-order chi connectivity index (χ0) is 15.6. The average Bonchev–Trinajstić information content (AvgIpc) is 3.02. The Morgan fingerprint density at radius 1 is 1.23 bits per heavy atom. The third kappa shape index (κ3) is 5.77. The Hall–Kier alpha value is -2.01. The molecule has 0 bridgehead atoms. The van der Waals surface area contributed by atoms with Crippen molar-refractivity contribution >= 4 is 17.3 Å². The molecule has 1 heterocycles. The second-order valence-electron chi connectivity index (χ2n) is 4.87. The van der Waals surface area contributed by atoms with Crippen LogP contribution in [0.25, 0.3) is 0 Å². The summed E-state index contributed by atoms with van der Waals surface area (Å²) in [5.41, 5.74) is 1.20. The number of hydrogen-bond acceptors (Lipinski definition) is 3. The molecule has 0 fully saturated rings. The van der Waals surface area contributed by atoms with E-state index in [1.807, 2.05) is 24.3 Å². The zero-order valence-electron chi connectivity index (χ0n) is 13.1. The molecule has 0 amide bonds. The molecule has 0 aliphatic carbocycles. The van der Waals surface area contributed by atoms with Crippen LogP contribution in [0.15, 0.2) is 46.8 Å². The Morgan fingerprint density at radius 3 is 2.86 bits per heavy atom. The van der Waals surface area contributed by atoms with Crippen molar-refractivity contribution in [3.05, 3.63) is 52.2 Å². The highest BCUT2D eigenvalue weighted by Gasteiger charge is 1.99. The van der Waals surface area contributed by atoms with Crippen LogP contribution in [-0.2, 0) is 6.54 Å². The molecule has 0 saturated carbocycles. The van der Waals surface area contributed by atoms with Crippen LogP contribution in [0.1, 0.15) is 17.4 Å². The number of benzene rings is 1. The SMILES string of the molecule is CCNC(=NCc1cccs1)NCCOc1cccc(C)c1. The molecule has 0 saturated heterocycles. The van der Waals surface area contributed by atoms with E-state index in [9.17, 15) is 0 Å². The molecule has 1 aromatic carbocycles. The smallest absolute Gasteiger partial charge is 0.191 e. The van der Waals surface area contributed by atoms with Gasteiger partial charge in [-0.15, -0.1) is 11.3 Å². The number of ether oxygens (including phenoxy) is 1. The molecule has 22 heavy (non-hydrogen) atoms.